The molecule has 13 heteroatoms. The van der Waals surface area contributed by atoms with Crippen molar-refractivity contribution in [2.45, 2.75) is 36.7 Å². The van der Waals surface area contributed by atoms with Crippen LogP contribution < -0.4 is 24.7 Å². The average Bonchev–Trinajstić information content (AvgIpc) is 3.44. The molecule has 4 aromatic rings. The van der Waals surface area contributed by atoms with Gasteiger partial charge >= 0.3 is 12.0 Å². The quantitative estimate of drug-likeness (QED) is 0.266. The number of pyridine rings is 1. The largest absolute Gasteiger partial charge is 0.490 e. The van der Waals surface area contributed by atoms with Gasteiger partial charge in [-0.3, -0.25) is 4.98 Å². The number of ether oxygens (including phenoxy) is 3. The van der Waals surface area contributed by atoms with Gasteiger partial charge in [-0.05, 0) is 49.4 Å². The van der Waals surface area contributed by atoms with Gasteiger partial charge in [0.15, 0.2) is 0 Å². The third-order valence-electron chi connectivity index (χ3n) is 6.59. The number of hydrogen-bond acceptors (Lipinski definition) is 10. The number of nitrogens with zero attached hydrogens (tertiary/aromatic N) is 3. The van der Waals surface area contributed by atoms with Gasteiger partial charge in [0.1, 0.15) is 10.6 Å². The van der Waals surface area contributed by atoms with Crippen molar-refractivity contribution < 1.29 is 32.5 Å². The molecule has 0 amide bonds. The van der Waals surface area contributed by atoms with E-state index >= 15 is 0 Å². The Morgan fingerprint density at radius 1 is 1.05 bits per heavy atom. The van der Waals surface area contributed by atoms with Crippen LogP contribution in [0, 0.1) is 0 Å². The van der Waals surface area contributed by atoms with Crippen molar-refractivity contribution in [3.63, 3.8) is 0 Å². The van der Waals surface area contributed by atoms with Gasteiger partial charge in [0.25, 0.3) is 0 Å². The molecule has 2 aromatic heterocycles. The fourth-order valence-corrected chi connectivity index (χ4v) is 5.34. The topological polar surface area (TPSA) is 176 Å². The molecular formula is C27H27N5O7S. The Bertz CT molecular complexity index is 1710. The maximum absolute atomic E-state index is 12.5. The van der Waals surface area contributed by atoms with Crippen molar-refractivity contribution >= 4 is 38.3 Å². The number of nitrogens with two attached hydrogens (primary N) is 1. The minimum atomic E-state index is -4.21. The summed E-state index contributed by atoms with van der Waals surface area (Å²) in [5.41, 5.74) is 2.12. The van der Waals surface area contributed by atoms with Crippen LogP contribution in [0.25, 0.3) is 22.0 Å². The molecule has 0 radical (unpaired) electrons. The molecule has 1 saturated carbocycles. The fourth-order valence-electron chi connectivity index (χ4n) is 4.70. The normalized spacial score (nSPS) is 13.8. The van der Waals surface area contributed by atoms with E-state index in [2.05, 4.69) is 20.3 Å². The van der Waals surface area contributed by atoms with Crippen LogP contribution in [0.5, 0.6) is 17.6 Å². The number of primary sulfonamides is 1. The van der Waals surface area contributed by atoms with Crippen LogP contribution in [-0.4, -0.2) is 54.8 Å². The molecule has 208 valence electrons. The van der Waals surface area contributed by atoms with Crippen LogP contribution in [-0.2, 0) is 10.0 Å². The van der Waals surface area contributed by atoms with Crippen LogP contribution in [0.4, 0.5) is 11.4 Å². The zero-order valence-electron chi connectivity index (χ0n) is 21.7. The van der Waals surface area contributed by atoms with Gasteiger partial charge in [-0.2, -0.15) is 4.98 Å². The van der Waals surface area contributed by atoms with E-state index in [1.165, 1.54) is 26.4 Å². The van der Waals surface area contributed by atoms with Crippen LogP contribution >= 0.6 is 0 Å². The van der Waals surface area contributed by atoms with E-state index in [9.17, 15) is 18.3 Å². The highest BCUT2D eigenvalue weighted by atomic mass is 32.2. The van der Waals surface area contributed by atoms with Crippen molar-refractivity contribution in [3.05, 3.63) is 54.4 Å². The van der Waals surface area contributed by atoms with Crippen LogP contribution in [0.15, 0.2) is 53.7 Å². The number of benzene rings is 2. The number of fused-ring (bicyclic) bond motifs is 1. The van der Waals surface area contributed by atoms with E-state index in [0.717, 1.165) is 31.9 Å². The summed E-state index contributed by atoms with van der Waals surface area (Å²) >= 11 is 0. The highest BCUT2D eigenvalue weighted by molar-refractivity contribution is 7.89. The number of aromatic carboxylic acids is 1. The number of hydrogen-bond donors (Lipinski definition) is 3. The summed E-state index contributed by atoms with van der Waals surface area (Å²) < 4.78 is 41.6. The molecule has 0 atom stereocenters. The van der Waals surface area contributed by atoms with Gasteiger partial charge in [0, 0.05) is 29.5 Å². The lowest BCUT2D eigenvalue weighted by Crippen LogP contribution is -2.15. The lowest BCUT2D eigenvalue weighted by atomic mass is 10.0. The first-order valence-electron chi connectivity index (χ1n) is 12.4. The van der Waals surface area contributed by atoms with Crippen LogP contribution in [0.1, 0.15) is 36.0 Å². The molecular weight excluding hydrogens is 538 g/mol. The molecule has 0 saturated heterocycles. The highest BCUT2D eigenvalue weighted by Gasteiger charge is 2.22. The molecule has 5 rings (SSSR count). The monoisotopic (exact) mass is 565 g/mol. The Kier molecular flexibility index (Phi) is 7.41. The summed E-state index contributed by atoms with van der Waals surface area (Å²) in [6.45, 7) is 0. The van der Waals surface area contributed by atoms with E-state index in [-0.39, 0.29) is 34.1 Å². The third-order valence-corrected chi connectivity index (χ3v) is 7.51. The number of rotatable bonds is 9. The minimum absolute atomic E-state index is 0.00372. The Morgan fingerprint density at radius 3 is 2.50 bits per heavy atom. The third kappa shape index (κ3) is 5.60. The van der Waals surface area contributed by atoms with Crippen molar-refractivity contribution in [1.82, 2.24) is 15.0 Å². The minimum Gasteiger partial charge on any atom is -0.490 e. The molecule has 4 N–H and O–H groups in total. The van der Waals surface area contributed by atoms with E-state index in [0.29, 0.717) is 33.5 Å². The SMILES string of the molecule is COc1ncc(-c2ccc3c(Nc4cc(OC5CCCC5)cc(C(=O)O)c4)c(S(N)(=O)=O)cnc3c2)c(OC)n1. The van der Waals surface area contributed by atoms with Crippen LogP contribution in [0.3, 0.4) is 0 Å². The van der Waals surface area contributed by atoms with Crippen LogP contribution in [0.2, 0.25) is 0 Å². The highest BCUT2D eigenvalue weighted by Crippen LogP contribution is 2.37. The van der Waals surface area contributed by atoms with Crippen molar-refractivity contribution in [1.29, 1.82) is 0 Å². The van der Waals surface area contributed by atoms with E-state index in [1.54, 1.807) is 30.5 Å². The second-order valence-corrected chi connectivity index (χ2v) is 10.8. The van der Waals surface area contributed by atoms with Gasteiger partial charge < -0.3 is 24.6 Å². The number of carbonyl (C=O) groups is 1. The molecule has 1 aliphatic rings. The average molecular weight is 566 g/mol. The summed E-state index contributed by atoms with van der Waals surface area (Å²) in [5, 5.41) is 18.7. The number of anilines is 2. The standard InChI is InChI=1S/C27H27N5O7S/c1-37-25-21(13-30-27(32-25)38-2)15-7-8-20-22(11-15)29-14-23(40(28,35)36)24(20)31-17-9-16(26(33)34)10-19(12-17)39-18-5-3-4-6-18/h7-14,18H,3-6H2,1-2H3,(H,29,31)(H,33,34)(H2,28,35,36). The summed E-state index contributed by atoms with van der Waals surface area (Å²) in [6, 6.07) is 9.77. The molecule has 0 spiro atoms. The Labute approximate surface area is 230 Å². The molecule has 2 heterocycles. The molecule has 1 fully saturated rings. The van der Waals surface area contributed by atoms with E-state index < -0.39 is 16.0 Å². The van der Waals surface area contributed by atoms with E-state index in [4.69, 9.17) is 19.3 Å². The zero-order valence-corrected chi connectivity index (χ0v) is 22.6. The number of nitrogens with one attached hydrogen (secondary N) is 1. The predicted octanol–water partition coefficient (Wildman–Crippen LogP) is 4.12. The first-order chi connectivity index (χ1) is 19.2. The lowest BCUT2D eigenvalue weighted by Gasteiger charge is -2.18. The number of methoxy groups -OCH3 is 2. The predicted molar refractivity (Wildman–Crippen MR) is 147 cm³/mol. The van der Waals surface area contributed by atoms with Gasteiger partial charge in [-0.1, -0.05) is 12.1 Å². The summed E-state index contributed by atoms with van der Waals surface area (Å²) in [5.74, 6) is -0.490. The maximum atomic E-state index is 12.5. The first kappa shape index (κ1) is 27.1. The molecule has 0 aliphatic heterocycles. The number of aromatic nitrogens is 3. The lowest BCUT2D eigenvalue weighted by molar-refractivity contribution is 0.0696. The Balaban J connectivity index is 1.61. The van der Waals surface area contributed by atoms with Gasteiger partial charge in [0.2, 0.25) is 15.9 Å². The molecule has 12 nitrogen and oxygen atoms in total. The smallest absolute Gasteiger partial charge is 0.335 e. The second kappa shape index (κ2) is 10.9. The number of carboxylic acids is 1. The molecule has 1 aliphatic carbocycles. The molecule has 0 bridgehead atoms. The first-order valence-corrected chi connectivity index (χ1v) is 13.9. The van der Waals surface area contributed by atoms with Gasteiger partial charge in [-0.15, -0.1) is 0 Å². The summed E-state index contributed by atoms with van der Waals surface area (Å²) in [4.78, 5) is 24.3. The molecule has 40 heavy (non-hydrogen) atoms. The summed E-state index contributed by atoms with van der Waals surface area (Å²) in [7, 11) is -1.29. The second-order valence-electron chi connectivity index (χ2n) is 9.25. The molecule has 2 aromatic carbocycles. The van der Waals surface area contributed by atoms with Crippen molar-refractivity contribution in [3.8, 4) is 28.8 Å². The van der Waals surface area contributed by atoms with E-state index in [1.807, 2.05) is 0 Å². The summed E-state index contributed by atoms with van der Waals surface area (Å²) in [6.07, 6.45) is 6.57. The zero-order chi connectivity index (χ0) is 28.4. The molecule has 0 unspecified atom stereocenters. The Morgan fingerprint density at radius 2 is 1.82 bits per heavy atom. The van der Waals surface area contributed by atoms with Crippen molar-refractivity contribution in [2.75, 3.05) is 19.5 Å². The Hall–Kier alpha value is -4.49. The maximum Gasteiger partial charge on any atom is 0.335 e. The number of sulfonamides is 1. The number of carboxylic acid groups (broad SMARTS) is 1. The van der Waals surface area contributed by atoms with Crippen molar-refractivity contribution in [2.24, 2.45) is 5.14 Å². The van der Waals surface area contributed by atoms with Gasteiger partial charge in [0.05, 0.1) is 42.7 Å². The fraction of sp³-hybridized carbons (Fsp3) is 0.259. The van der Waals surface area contributed by atoms with Gasteiger partial charge in [-0.25, -0.2) is 23.3 Å².